The molecule has 1 aromatic carbocycles. The number of benzene rings is 1. The van der Waals surface area contributed by atoms with E-state index in [9.17, 15) is 18.0 Å². The number of rotatable bonds is 6. The van der Waals surface area contributed by atoms with E-state index < -0.39 is 34.5 Å². The van der Waals surface area contributed by atoms with Gasteiger partial charge in [-0.25, -0.2) is 8.42 Å². The van der Waals surface area contributed by atoms with Gasteiger partial charge in [0, 0.05) is 18.1 Å². The van der Waals surface area contributed by atoms with Crippen LogP contribution < -0.4 is 5.32 Å². The van der Waals surface area contributed by atoms with Crippen molar-refractivity contribution < 1.29 is 22.7 Å². The van der Waals surface area contributed by atoms with Crippen LogP contribution in [0.5, 0.6) is 0 Å². The van der Waals surface area contributed by atoms with E-state index in [1.807, 2.05) is 0 Å². The Morgan fingerprint density at radius 1 is 1.33 bits per heavy atom. The number of amides is 1. The van der Waals surface area contributed by atoms with Crippen molar-refractivity contribution in [1.29, 1.82) is 0 Å². The zero-order chi connectivity index (χ0) is 17.7. The van der Waals surface area contributed by atoms with Gasteiger partial charge in [-0.1, -0.05) is 11.6 Å². The molecule has 1 atom stereocenters. The normalized spacial score (nSPS) is 18.3. The van der Waals surface area contributed by atoms with E-state index in [1.165, 1.54) is 24.3 Å². The summed E-state index contributed by atoms with van der Waals surface area (Å²) in [6.07, 6.45) is 0.912. The Bertz CT molecular complexity index is 705. The highest BCUT2D eigenvalue weighted by Crippen LogP contribution is 2.27. The highest BCUT2D eigenvalue weighted by molar-refractivity contribution is 7.89. The standard InChI is InChI=1S/C15H19ClN2O5S/c1-2-17-14(19)10-23-15(20)13-4-3-9-18(13)24(21,22)12-7-5-11(16)6-8-12/h5-8,13H,2-4,9-10H2,1H3,(H,17,19). The first kappa shape index (κ1) is 18.7. The predicted octanol–water partition coefficient (Wildman–Crippen LogP) is 1.17. The van der Waals surface area contributed by atoms with Crippen molar-refractivity contribution in [3.8, 4) is 0 Å². The van der Waals surface area contributed by atoms with Gasteiger partial charge in [-0.05, 0) is 44.0 Å². The van der Waals surface area contributed by atoms with Gasteiger partial charge in [0.1, 0.15) is 6.04 Å². The number of hydrogen-bond donors (Lipinski definition) is 1. The Hall–Kier alpha value is -1.64. The summed E-state index contributed by atoms with van der Waals surface area (Å²) in [7, 11) is -3.83. The Labute approximate surface area is 146 Å². The van der Waals surface area contributed by atoms with Gasteiger partial charge in [0.05, 0.1) is 4.90 Å². The number of esters is 1. The van der Waals surface area contributed by atoms with E-state index in [0.717, 1.165) is 4.31 Å². The molecule has 1 heterocycles. The number of ether oxygens (including phenoxy) is 1. The third-order valence-electron chi connectivity index (χ3n) is 3.62. The second-order valence-electron chi connectivity index (χ2n) is 5.29. The van der Waals surface area contributed by atoms with E-state index in [-0.39, 0.29) is 11.4 Å². The van der Waals surface area contributed by atoms with E-state index in [0.29, 0.717) is 24.4 Å². The van der Waals surface area contributed by atoms with Crippen molar-refractivity contribution in [3.63, 3.8) is 0 Å². The minimum absolute atomic E-state index is 0.0651. The first-order chi connectivity index (χ1) is 11.4. The highest BCUT2D eigenvalue weighted by atomic mass is 35.5. The average molecular weight is 375 g/mol. The van der Waals surface area contributed by atoms with Crippen LogP contribution in [0.4, 0.5) is 0 Å². The lowest BCUT2D eigenvalue weighted by Gasteiger charge is -2.22. The third-order valence-corrected chi connectivity index (χ3v) is 5.79. The van der Waals surface area contributed by atoms with Gasteiger partial charge in [-0.3, -0.25) is 9.59 Å². The van der Waals surface area contributed by atoms with Crippen LogP contribution >= 0.6 is 11.6 Å². The molecule has 1 amide bonds. The Morgan fingerprint density at radius 2 is 2.00 bits per heavy atom. The molecule has 1 aliphatic rings. The molecule has 1 aromatic rings. The molecule has 0 aliphatic carbocycles. The summed E-state index contributed by atoms with van der Waals surface area (Å²) in [6.45, 7) is 1.98. The SMILES string of the molecule is CCNC(=O)COC(=O)C1CCCN1S(=O)(=O)c1ccc(Cl)cc1. The van der Waals surface area contributed by atoms with Crippen LogP contribution in [0.2, 0.25) is 5.02 Å². The van der Waals surface area contributed by atoms with Gasteiger partial charge in [0.15, 0.2) is 6.61 Å². The molecule has 9 heteroatoms. The zero-order valence-electron chi connectivity index (χ0n) is 13.2. The van der Waals surface area contributed by atoms with E-state index in [2.05, 4.69) is 5.32 Å². The largest absolute Gasteiger partial charge is 0.454 e. The van der Waals surface area contributed by atoms with Crippen LogP contribution in [0.1, 0.15) is 19.8 Å². The number of hydrogen-bond acceptors (Lipinski definition) is 5. The molecule has 1 aliphatic heterocycles. The molecule has 1 saturated heterocycles. The topological polar surface area (TPSA) is 92.8 Å². The minimum atomic E-state index is -3.83. The molecule has 0 bridgehead atoms. The summed E-state index contributed by atoms with van der Waals surface area (Å²) in [5, 5.41) is 2.93. The maximum atomic E-state index is 12.7. The molecule has 24 heavy (non-hydrogen) atoms. The van der Waals surface area contributed by atoms with Crippen LogP contribution in [0.3, 0.4) is 0 Å². The van der Waals surface area contributed by atoms with Gasteiger partial charge < -0.3 is 10.1 Å². The number of nitrogens with one attached hydrogen (secondary N) is 1. The number of carbonyl (C=O) groups excluding carboxylic acids is 2. The van der Waals surface area contributed by atoms with E-state index in [1.54, 1.807) is 6.92 Å². The smallest absolute Gasteiger partial charge is 0.324 e. The van der Waals surface area contributed by atoms with E-state index >= 15 is 0 Å². The first-order valence-electron chi connectivity index (χ1n) is 7.57. The fraction of sp³-hybridized carbons (Fsp3) is 0.467. The number of halogens is 1. The third kappa shape index (κ3) is 4.25. The highest BCUT2D eigenvalue weighted by Gasteiger charge is 2.40. The summed E-state index contributed by atoms with van der Waals surface area (Å²) in [4.78, 5) is 23.6. The molecular weight excluding hydrogens is 356 g/mol. The van der Waals surface area contributed by atoms with Crippen LogP contribution in [0, 0.1) is 0 Å². The zero-order valence-corrected chi connectivity index (χ0v) is 14.8. The van der Waals surface area contributed by atoms with Gasteiger partial charge in [-0.2, -0.15) is 4.31 Å². The van der Waals surface area contributed by atoms with Crippen molar-refractivity contribution in [2.24, 2.45) is 0 Å². The second kappa shape index (κ2) is 7.96. The van der Waals surface area contributed by atoms with Crippen LogP contribution in [0.25, 0.3) is 0 Å². The average Bonchev–Trinajstić information content (AvgIpc) is 3.04. The lowest BCUT2D eigenvalue weighted by molar-refractivity contribution is -0.151. The van der Waals surface area contributed by atoms with Crippen LogP contribution in [-0.4, -0.2) is 50.3 Å². The number of carbonyl (C=O) groups is 2. The van der Waals surface area contributed by atoms with Gasteiger partial charge in [0.2, 0.25) is 10.0 Å². The summed E-state index contributed by atoms with van der Waals surface area (Å²) in [5.74, 6) is -1.13. The lowest BCUT2D eigenvalue weighted by Crippen LogP contribution is -2.42. The van der Waals surface area contributed by atoms with Gasteiger partial charge in [0.25, 0.3) is 5.91 Å². The number of likely N-dealkylation sites (N-methyl/N-ethyl adjacent to an activating group) is 1. The van der Waals surface area contributed by atoms with Gasteiger partial charge >= 0.3 is 5.97 Å². The maximum Gasteiger partial charge on any atom is 0.324 e. The molecule has 7 nitrogen and oxygen atoms in total. The molecule has 2 rings (SSSR count). The lowest BCUT2D eigenvalue weighted by atomic mass is 10.2. The second-order valence-corrected chi connectivity index (χ2v) is 7.62. The van der Waals surface area contributed by atoms with Crippen molar-refractivity contribution in [2.75, 3.05) is 19.7 Å². The number of nitrogens with zero attached hydrogens (tertiary/aromatic N) is 1. The predicted molar refractivity (Wildman–Crippen MR) is 88.0 cm³/mol. The molecule has 0 radical (unpaired) electrons. The first-order valence-corrected chi connectivity index (χ1v) is 9.39. The molecule has 1 fully saturated rings. The fourth-order valence-electron chi connectivity index (χ4n) is 2.49. The molecule has 1 unspecified atom stereocenters. The maximum absolute atomic E-state index is 12.7. The monoisotopic (exact) mass is 374 g/mol. The van der Waals surface area contributed by atoms with E-state index in [4.69, 9.17) is 16.3 Å². The van der Waals surface area contributed by atoms with Crippen LogP contribution in [-0.2, 0) is 24.3 Å². The molecule has 0 spiro atoms. The van der Waals surface area contributed by atoms with Crippen molar-refractivity contribution in [2.45, 2.75) is 30.7 Å². The molecule has 1 N–H and O–H groups in total. The fourth-order valence-corrected chi connectivity index (χ4v) is 4.26. The summed E-state index contributed by atoms with van der Waals surface area (Å²) >= 11 is 5.78. The minimum Gasteiger partial charge on any atom is -0.454 e. The van der Waals surface area contributed by atoms with Crippen molar-refractivity contribution in [1.82, 2.24) is 9.62 Å². The summed E-state index contributed by atoms with van der Waals surface area (Å²) < 4.78 is 31.5. The molecule has 0 aromatic heterocycles. The quantitative estimate of drug-likeness (QED) is 0.754. The Kier molecular flexibility index (Phi) is 6.20. The van der Waals surface area contributed by atoms with Crippen molar-refractivity contribution >= 4 is 33.5 Å². The summed E-state index contributed by atoms with van der Waals surface area (Å²) in [6, 6.07) is 4.83. The molecule has 132 valence electrons. The van der Waals surface area contributed by atoms with Gasteiger partial charge in [-0.15, -0.1) is 0 Å². The Morgan fingerprint density at radius 3 is 2.62 bits per heavy atom. The molecular formula is C15H19ClN2O5S. The van der Waals surface area contributed by atoms with Crippen molar-refractivity contribution in [3.05, 3.63) is 29.3 Å². The summed E-state index contributed by atoms with van der Waals surface area (Å²) in [5.41, 5.74) is 0. The number of sulfonamides is 1. The Balaban J connectivity index is 2.10. The van der Waals surface area contributed by atoms with Crippen LogP contribution in [0.15, 0.2) is 29.2 Å². The molecule has 0 saturated carbocycles.